The average Bonchev–Trinajstić information content (AvgIpc) is 3.63. The number of carbonyl (C=O) groups is 1. The van der Waals surface area contributed by atoms with E-state index in [1.54, 1.807) is 42.2 Å². The first-order valence-corrected chi connectivity index (χ1v) is 13.2. The normalized spacial score (nSPS) is 12.3. The van der Waals surface area contributed by atoms with Crippen molar-refractivity contribution >= 4 is 51.7 Å². The summed E-state index contributed by atoms with van der Waals surface area (Å²) in [6.07, 6.45) is 3.35. The molecule has 0 fully saturated rings. The lowest BCUT2D eigenvalue weighted by atomic mass is 10.1. The van der Waals surface area contributed by atoms with Gasteiger partial charge in [-0.1, -0.05) is 40.0 Å². The summed E-state index contributed by atoms with van der Waals surface area (Å²) in [6, 6.07) is 6.15. The molecule has 0 radical (unpaired) electrons. The summed E-state index contributed by atoms with van der Waals surface area (Å²) >= 11 is 19.3. The summed E-state index contributed by atoms with van der Waals surface area (Å²) in [5.74, 6) is 1.17. The number of amides is 1. The predicted octanol–water partition coefficient (Wildman–Crippen LogP) is 4.09. The minimum Gasteiger partial charge on any atom is -0.495 e. The second-order valence-corrected chi connectivity index (χ2v) is 10.5. The van der Waals surface area contributed by atoms with E-state index in [-0.39, 0.29) is 22.2 Å². The van der Waals surface area contributed by atoms with E-state index in [0.29, 0.717) is 45.7 Å². The number of H-pyrrole nitrogens is 1. The van der Waals surface area contributed by atoms with Crippen molar-refractivity contribution in [2.24, 2.45) is 0 Å². The van der Waals surface area contributed by atoms with Gasteiger partial charge in [-0.2, -0.15) is 5.10 Å². The van der Waals surface area contributed by atoms with Gasteiger partial charge in [0, 0.05) is 19.2 Å². The Morgan fingerprint density at radius 2 is 1.90 bits per heavy atom. The number of hydrogen-bond donors (Lipinski definition) is 2. The number of halogens is 3. The number of benzene rings is 2. The van der Waals surface area contributed by atoms with Gasteiger partial charge >= 0.3 is 0 Å². The summed E-state index contributed by atoms with van der Waals surface area (Å²) in [5, 5.41) is 16.5. The molecule has 5 rings (SSSR count). The first-order chi connectivity index (χ1) is 19.1. The van der Waals surface area contributed by atoms with E-state index in [2.05, 4.69) is 30.7 Å². The fraction of sp³-hybridized carbons (Fsp3) is 0.280. The summed E-state index contributed by atoms with van der Waals surface area (Å²) < 4.78 is 8.51. The van der Waals surface area contributed by atoms with Gasteiger partial charge in [-0.05, 0) is 39.2 Å². The number of ether oxygens (including phenoxy) is 1. The van der Waals surface area contributed by atoms with Crippen LogP contribution in [0.25, 0.3) is 16.7 Å². The van der Waals surface area contributed by atoms with E-state index in [0.717, 1.165) is 5.69 Å². The fourth-order valence-corrected chi connectivity index (χ4v) is 5.07. The van der Waals surface area contributed by atoms with Crippen LogP contribution in [-0.4, -0.2) is 78.3 Å². The van der Waals surface area contributed by atoms with Crippen molar-refractivity contribution in [1.82, 2.24) is 49.9 Å². The summed E-state index contributed by atoms with van der Waals surface area (Å²) in [4.78, 5) is 27.4. The third-order valence-electron chi connectivity index (χ3n) is 6.03. The Labute approximate surface area is 244 Å². The number of aryl methyl sites for hydroxylation is 1. The number of hydrogen-bond acceptors (Lipinski definition) is 8. The Morgan fingerprint density at radius 1 is 1.15 bits per heavy atom. The number of aromatic amines is 1. The largest absolute Gasteiger partial charge is 0.495 e. The van der Waals surface area contributed by atoms with Gasteiger partial charge in [-0.3, -0.25) is 4.79 Å². The number of nitrogens with zero attached hydrogens (tertiary/aromatic N) is 8. The SMILES string of the molecule is COc1cc2nc([C@@H](CNC(=O)c3c(Cl)cc(-n4cnc(C)n4)cc3Cl)n3cc(CN(C)C)nn3)[nH]c2cc1Cl. The molecule has 0 saturated carbocycles. The number of fused-ring (bicyclic) bond motifs is 1. The fourth-order valence-electron chi connectivity index (χ4n) is 4.18. The summed E-state index contributed by atoms with van der Waals surface area (Å²) in [7, 11) is 5.42. The molecule has 2 aromatic carbocycles. The van der Waals surface area contributed by atoms with Crippen LogP contribution in [-0.2, 0) is 6.54 Å². The predicted molar refractivity (Wildman–Crippen MR) is 152 cm³/mol. The monoisotopic (exact) mass is 602 g/mol. The molecule has 0 saturated heterocycles. The number of rotatable bonds is 9. The van der Waals surface area contributed by atoms with Gasteiger partial charge in [-0.25, -0.2) is 19.3 Å². The molecule has 2 N–H and O–H groups in total. The van der Waals surface area contributed by atoms with E-state index in [1.807, 2.05) is 25.2 Å². The Hall–Kier alpha value is -3.71. The van der Waals surface area contributed by atoms with Gasteiger partial charge in [0.2, 0.25) is 0 Å². The van der Waals surface area contributed by atoms with Crippen LogP contribution in [0.3, 0.4) is 0 Å². The lowest BCUT2D eigenvalue weighted by molar-refractivity contribution is 0.0949. The van der Waals surface area contributed by atoms with Gasteiger partial charge < -0.3 is 19.9 Å². The van der Waals surface area contributed by atoms with Gasteiger partial charge in [0.15, 0.2) is 0 Å². The third kappa shape index (κ3) is 5.75. The van der Waals surface area contributed by atoms with Crippen LogP contribution < -0.4 is 10.1 Å². The zero-order chi connectivity index (χ0) is 28.6. The lowest BCUT2D eigenvalue weighted by Crippen LogP contribution is -2.32. The molecule has 0 aliphatic rings. The van der Waals surface area contributed by atoms with E-state index in [4.69, 9.17) is 44.5 Å². The number of imidazole rings is 1. The minimum absolute atomic E-state index is 0.102. The molecular formula is C25H25Cl3N10O2. The summed E-state index contributed by atoms with van der Waals surface area (Å²) in [6.45, 7) is 2.46. The molecule has 0 unspecified atom stereocenters. The van der Waals surface area contributed by atoms with E-state index < -0.39 is 11.9 Å². The maximum Gasteiger partial charge on any atom is 0.254 e. The molecule has 15 heteroatoms. The molecule has 208 valence electrons. The highest BCUT2D eigenvalue weighted by molar-refractivity contribution is 6.40. The molecule has 3 heterocycles. The summed E-state index contributed by atoms with van der Waals surface area (Å²) in [5.41, 5.74) is 2.82. The molecule has 3 aromatic heterocycles. The average molecular weight is 604 g/mol. The molecule has 0 bridgehead atoms. The Morgan fingerprint density at radius 3 is 2.55 bits per heavy atom. The van der Waals surface area contributed by atoms with Crippen LogP contribution in [0.4, 0.5) is 0 Å². The van der Waals surface area contributed by atoms with Crippen LogP contribution in [0.2, 0.25) is 15.1 Å². The van der Waals surface area contributed by atoms with E-state index in [1.165, 1.54) is 11.8 Å². The second-order valence-electron chi connectivity index (χ2n) is 9.30. The Kier molecular flexibility index (Phi) is 7.95. The van der Waals surface area contributed by atoms with Gasteiger partial charge in [-0.15, -0.1) is 5.10 Å². The van der Waals surface area contributed by atoms with Crippen LogP contribution in [0.15, 0.2) is 36.8 Å². The highest BCUT2D eigenvalue weighted by Crippen LogP contribution is 2.31. The van der Waals surface area contributed by atoms with Gasteiger partial charge in [0.25, 0.3) is 5.91 Å². The van der Waals surface area contributed by atoms with Crippen molar-refractivity contribution in [1.29, 1.82) is 0 Å². The van der Waals surface area contributed by atoms with Crippen LogP contribution in [0.1, 0.15) is 33.7 Å². The quantitative estimate of drug-likeness (QED) is 0.258. The molecular weight excluding hydrogens is 579 g/mol. The van der Waals surface area contributed by atoms with Crippen LogP contribution in [0, 0.1) is 6.92 Å². The van der Waals surface area contributed by atoms with Crippen LogP contribution >= 0.6 is 34.8 Å². The zero-order valence-electron chi connectivity index (χ0n) is 22.0. The molecule has 0 spiro atoms. The lowest BCUT2D eigenvalue weighted by Gasteiger charge is -2.17. The van der Waals surface area contributed by atoms with E-state index >= 15 is 0 Å². The Bertz CT molecular complexity index is 1670. The second kappa shape index (κ2) is 11.4. The van der Waals surface area contributed by atoms with Gasteiger partial charge in [0.1, 0.15) is 29.8 Å². The molecule has 40 heavy (non-hydrogen) atoms. The molecule has 0 aliphatic carbocycles. The van der Waals surface area contributed by atoms with Gasteiger partial charge in [0.05, 0.1) is 56.4 Å². The molecule has 1 atom stereocenters. The third-order valence-corrected chi connectivity index (χ3v) is 6.92. The molecule has 0 aliphatic heterocycles. The highest BCUT2D eigenvalue weighted by atomic mass is 35.5. The van der Waals surface area contributed by atoms with Crippen molar-refractivity contribution in [3.8, 4) is 11.4 Å². The number of methoxy groups -OCH3 is 1. The van der Waals surface area contributed by atoms with Crippen LogP contribution in [0.5, 0.6) is 5.75 Å². The first-order valence-electron chi connectivity index (χ1n) is 12.1. The Balaban J connectivity index is 1.45. The standard InChI is InChI=1S/C25H25Cl3N10O2/c1-13-30-12-38(34-13)15-5-17(27)23(18(28)6-15)25(39)29-9-21(37-11-14(33-35-37)10-36(2)3)24-31-19-7-16(26)22(40-4)8-20(19)32-24/h5-8,11-12,21H,9-10H2,1-4H3,(H,29,39)(H,31,32)/t21-/m1/s1. The van der Waals surface area contributed by atoms with Crippen molar-refractivity contribution in [2.75, 3.05) is 27.7 Å². The van der Waals surface area contributed by atoms with E-state index in [9.17, 15) is 4.79 Å². The van der Waals surface area contributed by atoms with Crippen molar-refractivity contribution < 1.29 is 9.53 Å². The highest BCUT2D eigenvalue weighted by Gasteiger charge is 2.24. The molecule has 1 amide bonds. The maximum absolute atomic E-state index is 13.3. The van der Waals surface area contributed by atoms with Crippen molar-refractivity contribution in [2.45, 2.75) is 19.5 Å². The molecule has 12 nitrogen and oxygen atoms in total. The minimum atomic E-state index is -0.542. The molecule has 5 aromatic rings. The maximum atomic E-state index is 13.3. The smallest absolute Gasteiger partial charge is 0.254 e. The topological polar surface area (TPSA) is 132 Å². The number of nitrogens with one attached hydrogen (secondary N) is 2. The van der Waals surface area contributed by atoms with Crippen molar-refractivity contribution in [3.05, 3.63) is 74.8 Å². The zero-order valence-corrected chi connectivity index (χ0v) is 24.3. The number of carbonyl (C=O) groups excluding carboxylic acids is 1. The van der Waals surface area contributed by atoms with Crippen molar-refractivity contribution in [3.63, 3.8) is 0 Å². The first kappa shape index (κ1) is 27.8. The number of aromatic nitrogens is 8.